The Bertz CT molecular complexity index is 435. The lowest BCUT2D eigenvalue weighted by atomic mass is 9.99. The molecule has 3 heteroatoms. The van der Waals surface area contributed by atoms with Gasteiger partial charge >= 0.3 is 0 Å². The van der Waals surface area contributed by atoms with Crippen LogP contribution in [-0.2, 0) is 12.8 Å². The smallest absolute Gasteiger partial charge is 0.122 e. The average molecular weight is 324 g/mol. The first-order chi connectivity index (χ1) is 9.35. The lowest BCUT2D eigenvalue weighted by molar-refractivity contribution is 0.189. The van der Waals surface area contributed by atoms with E-state index >= 15 is 0 Å². The Hall–Kier alpha value is -0.540. The van der Waals surface area contributed by atoms with Crippen molar-refractivity contribution in [1.29, 1.82) is 0 Å². The number of benzene rings is 1. The molecule has 0 spiro atoms. The number of piperidine rings is 1. The molecular weight excluding hydrogens is 302 g/mol. The lowest BCUT2D eigenvalue weighted by Crippen LogP contribution is -2.37. The maximum atomic E-state index is 5.56. The summed E-state index contributed by atoms with van der Waals surface area (Å²) in [6.45, 7) is 4.60. The lowest BCUT2D eigenvalue weighted by Gasteiger charge is -2.31. The van der Waals surface area contributed by atoms with E-state index in [4.69, 9.17) is 4.74 Å². The third-order valence-electron chi connectivity index (χ3n) is 4.29. The summed E-state index contributed by atoms with van der Waals surface area (Å²) in [5.74, 6) is 1.95. The normalized spacial score (nSPS) is 23.1. The van der Waals surface area contributed by atoms with Crippen LogP contribution in [0.4, 0.5) is 0 Å². The Labute approximate surface area is 124 Å². The largest absolute Gasteiger partial charge is 0.493 e. The van der Waals surface area contributed by atoms with E-state index in [9.17, 15) is 0 Å². The van der Waals surface area contributed by atoms with Crippen LogP contribution in [0.1, 0.15) is 24.0 Å². The van der Waals surface area contributed by atoms with Crippen LogP contribution < -0.4 is 4.74 Å². The molecule has 0 aliphatic carbocycles. The van der Waals surface area contributed by atoms with Gasteiger partial charge in [-0.15, -0.1) is 0 Å². The van der Waals surface area contributed by atoms with Crippen molar-refractivity contribution in [2.45, 2.75) is 25.7 Å². The Morgan fingerprint density at radius 2 is 2.32 bits per heavy atom. The monoisotopic (exact) mass is 323 g/mol. The summed E-state index contributed by atoms with van der Waals surface area (Å²) in [6, 6.07) is 6.72. The van der Waals surface area contributed by atoms with Crippen LogP contribution in [0.5, 0.6) is 5.75 Å². The number of alkyl halides is 1. The minimum Gasteiger partial charge on any atom is -0.493 e. The van der Waals surface area contributed by atoms with Crippen LogP contribution >= 0.6 is 15.9 Å². The van der Waals surface area contributed by atoms with Gasteiger partial charge in [-0.2, -0.15) is 0 Å². The summed E-state index contributed by atoms with van der Waals surface area (Å²) >= 11 is 3.63. The molecule has 0 bridgehead atoms. The van der Waals surface area contributed by atoms with Crippen molar-refractivity contribution in [3.05, 3.63) is 29.3 Å². The molecule has 0 radical (unpaired) electrons. The minimum absolute atomic E-state index is 0.849. The molecule has 1 atom stereocenters. The van der Waals surface area contributed by atoms with Gasteiger partial charge < -0.3 is 9.64 Å². The number of hydrogen-bond acceptors (Lipinski definition) is 2. The number of fused-ring (bicyclic) bond motifs is 1. The predicted octanol–water partition coefficient (Wildman–Crippen LogP) is 3.27. The van der Waals surface area contributed by atoms with Crippen LogP contribution in [0.2, 0.25) is 0 Å². The second kappa shape index (κ2) is 6.27. The standard InChI is InChI=1S/C16H22BrNO/c17-11-14-2-1-7-18(12-14)8-5-13-3-4-16-15(10-13)6-9-19-16/h3-4,10,14H,1-2,5-9,11-12H2. The first-order valence-electron chi connectivity index (χ1n) is 7.38. The van der Waals surface area contributed by atoms with Gasteiger partial charge in [-0.05, 0) is 48.9 Å². The molecule has 2 aliphatic heterocycles. The molecule has 3 rings (SSSR count). The molecule has 2 aliphatic rings. The van der Waals surface area contributed by atoms with E-state index in [1.54, 1.807) is 0 Å². The van der Waals surface area contributed by atoms with Crippen LogP contribution in [-0.4, -0.2) is 36.5 Å². The molecule has 2 nitrogen and oxygen atoms in total. The SMILES string of the molecule is BrCC1CCCN(CCc2ccc3c(c2)CCO3)C1. The summed E-state index contributed by atoms with van der Waals surface area (Å²) in [6.07, 6.45) is 4.99. The van der Waals surface area contributed by atoms with Crippen LogP contribution in [0.25, 0.3) is 0 Å². The number of likely N-dealkylation sites (tertiary alicyclic amines) is 1. The summed E-state index contributed by atoms with van der Waals surface area (Å²) in [5.41, 5.74) is 2.86. The number of hydrogen-bond donors (Lipinski definition) is 0. The van der Waals surface area contributed by atoms with E-state index in [2.05, 4.69) is 39.0 Å². The topological polar surface area (TPSA) is 12.5 Å². The van der Waals surface area contributed by atoms with E-state index < -0.39 is 0 Å². The zero-order valence-corrected chi connectivity index (χ0v) is 13.0. The molecular formula is C16H22BrNO. The van der Waals surface area contributed by atoms with Gasteiger partial charge in [0, 0.05) is 24.8 Å². The Morgan fingerprint density at radius 3 is 3.21 bits per heavy atom. The molecule has 0 N–H and O–H groups in total. The van der Waals surface area contributed by atoms with E-state index in [0.29, 0.717) is 0 Å². The van der Waals surface area contributed by atoms with Crippen molar-refractivity contribution in [1.82, 2.24) is 4.90 Å². The van der Waals surface area contributed by atoms with Gasteiger partial charge in [-0.25, -0.2) is 0 Å². The first-order valence-corrected chi connectivity index (χ1v) is 8.50. The highest BCUT2D eigenvalue weighted by Gasteiger charge is 2.19. The van der Waals surface area contributed by atoms with Crippen molar-refractivity contribution in [2.75, 3.05) is 31.6 Å². The zero-order chi connectivity index (χ0) is 13.1. The van der Waals surface area contributed by atoms with Gasteiger partial charge in [0.25, 0.3) is 0 Å². The fourth-order valence-corrected chi connectivity index (χ4v) is 3.69. The minimum atomic E-state index is 0.849. The zero-order valence-electron chi connectivity index (χ0n) is 11.4. The molecule has 1 saturated heterocycles. The highest BCUT2D eigenvalue weighted by Crippen LogP contribution is 2.26. The van der Waals surface area contributed by atoms with Crippen molar-refractivity contribution in [3.63, 3.8) is 0 Å². The summed E-state index contributed by atoms with van der Waals surface area (Å²) in [5, 5.41) is 1.15. The van der Waals surface area contributed by atoms with Gasteiger partial charge in [0.05, 0.1) is 6.61 Å². The average Bonchev–Trinajstić information content (AvgIpc) is 2.93. The van der Waals surface area contributed by atoms with Gasteiger partial charge in [-0.1, -0.05) is 28.1 Å². The van der Waals surface area contributed by atoms with Crippen LogP contribution in [0.15, 0.2) is 18.2 Å². The molecule has 2 heterocycles. The second-order valence-electron chi connectivity index (χ2n) is 5.75. The third kappa shape index (κ3) is 3.32. The molecule has 1 aromatic rings. The molecule has 19 heavy (non-hydrogen) atoms. The molecule has 104 valence electrons. The first kappa shape index (κ1) is 13.4. The van der Waals surface area contributed by atoms with Crippen molar-refractivity contribution in [3.8, 4) is 5.75 Å². The van der Waals surface area contributed by atoms with Gasteiger partial charge in [-0.3, -0.25) is 0 Å². The van der Waals surface area contributed by atoms with E-state index in [1.165, 1.54) is 50.0 Å². The van der Waals surface area contributed by atoms with Crippen molar-refractivity contribution in [2.24, 2.45) is 5.92 Å². The molecule has 1 unspecified atom stereocenters. The van der Waals surface area contributed by atoms with Crippen LogP contribution in [0, 0.1) is 5.92 Å². The summed E-state index contributed by atoms with van der Waals surface area (Å²) in [4.78, 5) is 2.62. The molecule has 1 aromatic carbocycles. The Balaban J connectivity index is 1.54. The second-order valence-corrected chi connectivity index (χ2v) is 6.40. The Morgan fingerprint density at radius 1 is 1.37 bits per heavy atom. The molecule has 1 fully saturated rings. The molecule has 0 saturated carbocycles. The summed E-state index contributed by atoms with van der Waals surface area (Å²) < 4.78 is 5.56. The number of rotatable bonds is 4. The highest BCUT2D eigenvalue weighted by molar-refractivity contribution is 9.09. The number of halogens is 1. The van der Waals surface area contributed by atoms with Crippen molar-refractivity contribution < 1.29 is 4.74 Å². The number of ether oxygens (including phenoxy) is 1. The van der Waals surface area contributed by atoms with E-state index in [0.717, 1.165) is 30.0 Å². The number of nitrogens with zero attached hydrogens (tertiary/aromatic N) is 1. The van der Waals surface area contributed by atoms with E-state index in [-0.39, 0.29) is 0 Å². The maximum Gasteiger partial charge on any atom is 0.122 e. The van der Waals surface area contributed by atoms with Gasteiger partial charge in [0.15, 0.2) is 0 Å². The van der Waals surface area contributed by atoms with Gasteiger partial charge in [0.2, 0.25) is 0 Å². The summed E-state index contributed by atoms with van der Waals surface area (Å²) in [7, 11) is 0. The van der Waals surface area contributed by atoms with Gasteiger partial charge in [0.1, 0.15) is 5.75 Å². The maximum absolute atomic E-state index is 5.56. The van der Waals surface area contributed by atoms with Crippen molar-refractivity contribution >= 4 is 15.9 Å². The molecule has 0 amide bonds. The highest BCUT2D eigenvalue weighted by atomic mass is 79.9. The van der Waals surface area contributed by atoms with Crippen LogP contribution in [0.3, 0.4) is 0 Å². The third-order valence-corrected chi connectivity index (χ3v) is 5.21. The quantitative estimate of drug-likeness (QED) is 0.788. The fraction of sp³-hybridized carbons (Fsp3) is 0.625. The Kier molecular flexibility index (Phi) is 4.44. The molecule has 0 aromatic heterocycles. The van der Waals surface area contributed by atoms with E-state index in [1.807, 2.05) is 0 Å². The predicted molar refractivity (Wildman–Crippen MR) is 82.3 cm³/mol. The fourth-order valence-electron chi connectivity index (χ4n) is 3.16.